The van der Waals surface area contributed by atoms with Gasteiger partial charge in [0, 0.05) is 14.3 Å². The molecule has 0 atom stereocenters. The zero-order valence-electron chi connectivity index (χ0n) is 8.36. The highest BCUT2D eigenvalue weighted by atomic mass is 32.1. The second kappa shape index (κ2) is 3.47. The van der Waals surface area contributed by atoms with Crippen LogP contribution in [0.4, 0.5) is 0 Å². The van der Waals surface area contributed by atoms with Crippen LogP contribution in [0, 0.1) is 0 Å². The predicted molar refractivity (Wildman–Crippen MR) is 71.9 cm³/mol. The molecule has 2 aromatic heterocycles. The van der Waals surface area contributed by atoms with E-state index in [1.54, 1.807) is 0 Å². The first-order valence-corrected chi connectivity index (χ1v) is 6.60. The van der Waals surface area contributed by atoms with Crippen LogP contribution in [0.3, 0.4) is 0 Å². The molecule has 0 nitrogen and oxygen atoms in total. The Kier molecular flexibility index (Phi) is 2.11. The minimum Gasteiger partial charge on any atom is -0.144 e. The largest absolute Gasteiger partial charge is 0.144 e. The highest BCUT2D eigenvalue weighted by Gasteiger charge is 2.02. The maximum absolute atomic E-state index is 2.29. The minimum atomic E-state index is 1.34. The standard InChI is InChI=1S/C13H10S2/c1-2-3-11-6-10-8-12-9(4-5-14-12)7-13(10)15-11/h2-8H,1H3/b3-2+. The number of benzene rings is 1. The van der Waals surface area contributed by atoms with E-state index in [4.69, 9.17) is 0 Å². The van der Waals surface area contributed by atoms with Crippen LogP contribution in [-0.4, -0.2) is 0 Å². The summed E-state index contributed by atoms with van der Waals surface area (Å²) in [5.41, 5.74) is 0. The molecule has 3 rings (SSSR count). The van der Waals surface area contributed by atoms with E-state index in [-0.39, 0.29) is 0 Å². The van der Waals surface area contributed by atoms with Crippen LogP contribution in [-0.2, 0) is 0 Å². The Balaban J connectivity index is 2.33. The molecule has 0 aliphatic carbocycles. The fourth-order valence-electron chi connectivity index (χ4n) is 1.76. The molecule has 2 heterocycles. The van der Waals surface area contributed by atoms with Crippen molar-refractivity contribution in [2.45, 2.75) is 6.92 Å². The van der Waals surface area contributed by atoms with Crippen LogP contribution >= 0.6 is 22.7 Å². The maximum atomic E-state index is 2.29. The average molecular weight is 230 g/mol. The molecular formula is C13H10S2. The van der Waals surface area contributed by atoms with E-state index in [1.165, 1.54) is 25.0 Å². The summed E-state index contributed by atoms with van der Waals surface area (Å²) in [6.07, 6.45) is 4.26. The summed E-state index contributed by atoms with van der Waals surface area (Å²) >= 11 is 3.67. The number of allylic oxidation sites excluding steroid dienone is 1. The minimum absolute atomic E-state index is 1.34. The van der Waals surface area contributed by atoms with Crippen LogP contribution in [0.2, 0.25) is 0 Å². The first-order valence-electron chi connectivity index (χ1n) is 4.90. The molecule has 0 saturated carbocycles. The third-order valence-corrected chi connectivity index (χ3v) is 4.38. The third kappa shape index (κ3) is 1.50. The molecule has 0 unspecified atom stereocenters. The van der Waals surface area contributed by atoms with Crippen molar-refractivity contribution in [1.29, 1.82) is 0 Å². The summed E-state index contributed by atoms with van der Waals surface area (Å²) in [6.45, 7) is 2.06. The molecule has 0 saturated heterocycles. The molecule has 1 aromatic carbocycles. The fraction of sp³-hybridized carbons (Fsp3) is 0.0769. The summed E-state index contributed by atoms with van der Waals surface area (Å²) in [7, 11) is 0. The molecule has 0 bridgehead atoms. The monoisotopic (exact) mass is 230 g/mol. The summed E-state index contributed by atoms with van der Waals surface area (Å²) in [5.74, 6) is 0. The molecule has 0 aliphatic rings. The average Bonchev–Trinajstić information content (AvgIpc) is 2.78. The van der Waals surface area contributed by atoms with E-state index in [0.29, 0.717) is 0 Å². The van der Waals surface area contributed by atoms with E-state index >= 15 is 0 Å². The van der Waals surface area contributed by atoms with E-state index < -0.39 is 0 Å². The number of hydrogen-bond acceptors (Lipinski definition) is 2. The van der Waals surface area contributed by atoms with Crippen molar-refractivity contribution in [3.8, 4) is 0 Å². The molecule has 15 heavy (non-hydrogen) atoms. The lowest BCUT2D eigenvalue weighted by Crippen LogP contribution is -1.62. The van der Waals surface area contributed by atoms with Gasteiger partial charge in [0.15, 0.2) is 0 Å². The van der Waals surface area contributed by atoms with E-state index in [1.807, 2.05) is 22.7 Å². The van der Waals surface area contributed by atoms with Gasteiger partial charge in [0.2, 0.25) is 0 Å². The van der Waals surface area contributed by atoms with Gasteiger partial charge in [0.1, 0.15) is 0 Å². The lowest BCUT2D eigenvalue weighted by Gasteiger charge is -1.89. The van der Waals surface area contributed by atoms with Gasteiger partial charge in [-0.15, -0.1) is 22.7 Å². The molecule has 0 N–H and O–H groups in total. The van der Waals surface area contributed by atoms with Crippen molar-refractivity contribution in [1.82, 2.24) is 0 Å². The van der Waals surface area contributed by atoms with Crippen molar-refractivity contribution in [2.75, 3.05) is 0 Å². The zero-order chi connectivity index (χ0) is 10.3. The highest BCUT2D eigenvalue weighted by Crippen LogP contribution is 2.32. The van der Waals surface area contributed by atoms with Crippen LogP contribution in [0.15, 0.2) is 35.7 Å². The second-order valence-corrected chi connectivity index (χ2v) is 5.56. The van der Waals surface area contributed by atoms with Crippen LogP contribution in [0.5, 0.6) is 0 Å². The zero-order valence-corrected chi connectivity index (χ0v) is 9.99. The van der Waals surface area contributed by atoms with Crippen molar-refractivity contribution < 1.29 is 0 Å². The van der Waals surface area contributed by atoms with Crippen molar-refractivity contribution >= 4 is 48.9 Å². The third-order valence-electron chi connectivity index (χ3n) is 2.44. The Morgan fingerprint density at radius 2 is 1.93 bits per heavy atom. The van der Waals surface area contributed by atoms with Crippen LogP contribution in [0.25, 0.3) is 26.2 Å². The Bertz CT molecular complexity index is 593. The molecule has 0 radical (unpaired) electrons. The lowest BCUT2D eigenvalue weighted by molar-refractivity contribution is 1.79. The van der Waals surface area contributed by atoms with Crippen molar-refractivity contribution in [3.05, 3.63) is 40.6 Å². The van der Waals surface area contributed by atoms with E-state index in [0.717, 1.165) is 0 Å². The lowest BCUT2D eigenvalue weighted by atomic mass is 10.2. The fourth-order valence-corrected chi connectivity index (χ4v) is 3.65. The van der Waals surface area contributed by atoms with Crippen molar-refractivity contribution in [2.24, 2.45) is 0 Å². The Morgan fingerprint density at radius 1 is 1.07 bits per heavy atom. The number of fused-ring (bicyclic) bond motifs is 2. The maximum Gasteiger partial charge on any atom is 0.0356 e. The summed E-state index contributed by atoms with van der Waals surface area (Å²) in [6, 6.07) is 9.03. The molecule has 74 valence electrons. The molecule has 0 aliphatic heterocycles. The van der Waals surface area contributed by atoms with Gasteiger partial charge in [-0.2, -0.15) is 0 Å². The first kappa shape index (κ1) is 9.13. The van der Waals surface area contributed by atoms with Gasteiger partial charge >= 0.3 is 0 Å². The number of thiophene rings is 2. The molecular weight excluding hydrogens is 220 g/mol. The van der Waals surface area contributed by atoms with Gasteiger partial charge in [-0.25, -0.2) is 0 Å². The summed E-state index contributed by atoms with van der Waals surface area (Å²) in [4.78, 5) is 1.34. The van der Waals surface area contributed by atoms with Gasteiger partial charge in [-0.3, -0.25) is 0 Å². The SMILES string of the molecule is C/C=C/c1cc2cc3sccc3cc2s1. The Labute approximate surface area is 96.5 Å². The summed E-state index contributed by atoms with van der Waals surface area (Å²) in [5, 5.41) is 4.88. The normalized spacial score (nSPS) is 12.1. The molecule has 0 fully saturated rings. The number of hydrogen-bond donors (Lipinski definition) is 0. The van der Waals surface area contributed by atoms with Gasteiger partial charge in [0.25, 0.3) is 0 Å². The van der Waals surface area contributed by atoms with Gasteiger partial charge < -0.3 is 0 Å². The quantitative estimate of drug-likeness (QED) is 0.542. The van der Waals surface area contributed by atoms with E-state index in [2.05, 4.69) is 48.7 Å². The molecule has 0 spiro atoms. The topological polar surface area (TPSA) is 0 Å². The molecule has 2 heteroatoms. The first-order chi connectivity index (χ1) is 7.36. The van der Waals surface area contributed by atoms with E-state index in [9.17, 15) is 0 Å². The van der Waals surface area contributed by atoms with Gasteiger partial charge in [0.05, 0.1) is 0 Å². The Hall–Kier alpha value is -1.12. The van der Waals surface area contributed by atoms with Gasteiger partial charge in [-0.1, -0.05) is 6.08 Å². The number of rotatable bonds is 1. The van der Waals surface area contributed by atoms with Crippen LogP contribution in [0.1, 0.15) is 11.8 Å². The van der Waals surface area contributed by atoms with Gasteiger partial charge in [-0.05, 0) is 53.4 Å². The Morgan fingerprint density at radius 3 is 2.80 bits per heavy atom. The van der Waals surface area contributed by atoms with Crippen LogP contribution < -0.4 is 0 Å². The molecule has 0 amide bonds. The second-order valence-electron chi connectivity index (χ2n) is 3.50. The molecule has 3 aromatic rings. The predicted octanol–water partition coefficient (Wildman–Crippen LogP) is 5.15. The summed E-state index contributed by atoms with van der Waals surface area (Å²) < 4.78 is 2.77. The smallest absolute Gasteiger partial charge is 0.0356 e. The highest BCUT2D eigenvalue weighted by molar-refractivity contribution is 7.20. The van der Waals surface area contributed by atoms with Crippen molar-refractivity contribution in [3.63, 3.8) is 0 Å².